The van der Waals surface area contributed by atoms with Gasteiger partial charge in [-0.1, -0.05) is 0 Å². The molecule has 1 aromatic carbocycles. The van der Waals surface area contributed by atoms with Gasteiger partial charge in [-0.2, -0.15) is 15.1 Å². The summed E-state index contributed by atoms with van der Waals surface area (Å²) < 4.78 is 15.0. The van der Waals surface area contributed by atoms with E-state index >= 15 is 0 Å². The Balaban J connectivity index is 1.67. The molecule has 0 aliphatic rings. The van der Waals surface area contributed by atoms with Gasteiger partial charge in [0.1, 0.15) is 11.6 Å². The van der Waals surface area contributed by atoms with Gasteiger partial charge in [-0.25, -0.2) is 4.39 Å². The van der Waals surface area contributed by atoms with E-state index in [4.69, 9.17) is 5.73 Å². The van der Waals surface area contributed by atoms with Gasteiger partial charge in [-0.05, 0) is 24.3 Å². The van der Waals surface area contributed by atoms with Crippen molar-refractivity contribution in [3.63, 3.8) is 0 Å². The second kappa shape index (κ2) is 5.19. The number of hydrogen-bond donors (Lipinski definition) is 2. The molecule has 0 saturated heterocycles. The van der Waals surface area contributed by atoms with Crippen molar-refractivity contribution in [1.29, 1.82) is 0 Å². The summed E-state index contributed by atoms with van der Waals surface area (Å²) in [6, 6.07) is 6.59. The zero-order valence-corrected chi connectivity index (χ0v) is 13.3. The summed E-state index contributed by atoms with van der Waals surface area (Å²) >= 11 is 0. The Morgan fingerprint density at radius 1 is 1.29 bits per heavy atom. The molecule has 0 atom stereocenters. The van der Waals surface area contributed by atoms with Crippen LogP contribution >= 0.6 is 0 Å². The van der Waals surface area contributed by atoms with Gasteiger partial charge in [0, 0.05) is 30.7 Å². The van der Waals surface area contributed by atoms with Gasteiger partial charge >= 0.3 is 0 Å². The molecule has 4 aromatic rings. The fraction of sp³-hybridized carbons (Fsp3) is 0.188. The highest BCUT2D eigenvalue weighted by molar-refractivity contribution is 5.86. The first-order chi connectivity index (χ1) is 11.5. The Hall–Kier alpha value is -3.16. The van der Waals surface area contributed by atoms with E-state index in [-0.39, 0.29) is 5.82 Å². The van der Waals surface area contributed by atoms with Crippen molar-refractivity contribution < 1.29 is 4.39 Å². The van der Waals surface area contributed by atoms with Crippen molar-refractivity contribution in [2.75, 3.05) is 17.7 Å². The Bertz CT molecular complexity index is 1050. The largest absolute Gasteiger partial charge is 0.383 e. The number of aromatic amines is 1. The number of benzene rings is 1. The molecule has 0 amide bonds. The van der Waals surface area contributed by atoms with E-state index in [0.717, 1.165) is 22.0 Å². The van der Waals surface area contributed by atoms with Crippen LogP contribution in [0.5, 0.6) is 0 Å². The second-order valence-corrected chi connectivity index (χ2v) is 5.80. The monoisotopic (exact) mass is 325 g/mol. The zero-order chi connectivity index (χ0) is 16.8. The summed E-state index contributed by atoms with van der Waals surface area (Å²) in [5, 5.41) is 5.72. The highest BCUT2D eigenvalue weighted by Gasteiger charge is 2.13. The minimum Gasteiger partial charge on any atom is -0.383 e. The van der Waals surface area contributed by atoms with Crippen LogP contribution in [0.1, 0.15) is 5.69 Å². The molecule has 0 saturated carbocycles. The van der Waals surface area contributed by atoms with E-state index in [2.05, 4.69) is 20.1 Å². The average molecular weight is 325 g/mol. The fourth-order valence-corrected chi connectivity index (χ4v) is 2.78. The molecule has 3 heterocycles. The molecular formula is C16H16FN7. The average Bonchev–Trinajstić information content (AvgIpc) is 3.10. The standard InChI is InChI=1S/C16H16FN7/c1-23(8-11-6-9-5-10(17)3-4-13(9)20-11)16-21-14(18)12-7-19-24(2)15(12)22-16/h3-7,20H,8H2,1-2H3,(H2,18,21,22). The van der Waals surface area contributed by atoms with Gasteiger partial charge in [0.2, 0.25) is 5.95 Å². The van der Waals surface area contributed by atoms with Crippen LogP contribution in [-0.2, 0) is 13.6 Å². The van der Waals surface area contributed by atoms with Crippen molar-refractivity contribution in [3.8, 4) is 0 Å². The number of halogens is 1. The Labute approximate surface area is 136 Å². The number of nitrogen functional groups attached to an aromatic ring is 1. The third-order valence-corrected chi connectivity index (χ3v) is 4.00. The quantitative estimate of drug-likeness (QED) is 0.603. The van der Waals surface area contributed by atoms with Crippen LogP contribution in [0.25, 0.3) is 21.9 Å². The summed E-state index contributed by atoms with van der Waals surface area (Å²) in [6.07, 6.45) is 1.65. The molecule has 3 N–H and O–H groups in total. The molecule has 0 radical (unpaired) electrons. The van der Waals surface area contributed by atoms with Crippen LogP contribution < -0.4 is 10.6 Å². The lowest BCUT2D eigenvalue weighted by molar-refractivity contribution is 0.630. The molecular weight excluding hydrogens is 309 g/mol. The normalized spacial score (nSPS) is 11.5. The molecule has 0 spiro atoms. The van der Waals surface area contributed by atoms with E-state index in [1.165, 1.54) is 12.1 Å². The van der Waals surface area contributed by atoms with Gasteiger partial charge in [-0.15, -0.1) is 0 Å². The molecule has 0 fully saturated rings. The highest BCUT2D eigenvalue weighted by atomic mass is 19.1. The van der Waals surface area contributed by atoms with Crippen LogP contribution in [0.2, 0.25) is 0 Å². The number of nitrogens with one attached hydrogen (secondary N) is 1. The summed E-state index contributed by atoms with van der Waals surface area (Å²) in [5.74, 6) is 0.654. The van der Waals surface area contributed by atoms with E-state index in [0.29, 0.717) is 24.0 Å². The van der Waals surface area contributed by atoms with Gasteiger partial charge in [0.05, 0.1) is 18.1 Å². The third-order valence-electron chi connectivity index (χ3n) is 4.00. The van der Waals surface area contributed by atoms with Gasteiger partial charge in [0.15, 0.2) is 5.65 Å². The molecule has 0 aliphatic carbocycles. The van der Waals surface area contributed by atoms with E-state index in [9.17, 15) is 4.39 Å². The van der Waals surface area contributed by atoms with Crippen molar-refractivity contribution in [3.05, 3.63) is 42.0 Å². The maximum absolute atomic E-state index is 13.3. The number of fused-ring (bicyclic) bond motifs is 2. The van der Waals surface area contributed by atoms with Gasteiger partial charge < -0.3 is 15.6 Å². The molecule has 0 aliphatic heterocycles. The number of nitrogens with two attached hydrogens (primary N) is 1. The van der Waals surface area contributed by atoms with Crippen molar-refractivity contribution in [1.82, 2.24) is 24.7 Å². The minimum atomic E-state index is -0.251. The number of aryl methyl sites for hydroxylation is 1. The molecule has 0 bridgehead atoms. The first-order valence-corrected chi connectivity index (χ1v) is 7.45. The van der Waals surface area contributed by atoms with Crippen LogP contribution in [-0.4, -0.2) is 31.8 Å². The SMILES string of the molecule is CN(Cc1cc2cc(F)ccc2[nH]1)c1nc(N)c2cnn(C)c2n1. The van der Waals surface area contributed by atoms with Gasteiger partial charge in [-0.3, -0.25) is 4.68 Å². The molecule has 8 heteroatoms. The summed E-state index contributed by atoms with van der Waals surface area (Å²) in [5.41, 5.74) is 8.51. The van der Waals surface area contributed by atoms with Crippen molar-refractivity contribution in [2.24, 2.45) is 7.05 Å². The number of anilines is 2. The van der Waals surface area contributed by atoms with Gasteiger partial charge in [0.25, 0.3) is 0 Å². The van der Waals surface area contributed by atoms with Crippen LogP contribution in [0, 0.1) is 5.82 Å². The molecule has 4 rings (SSSR count). The second-order valence-electron chi connectivity index (χ2n) is 5.80. The predicted molar refractivity (Wildman–Crippen MR) is 91.1 cm³/mol. The molecule has 0 unspecified atom stereocenters. The highest BCUT2D eigenvalue weighted by Crippen LogP contribution is 2.22. The van der Waals surface area contributed by atoms with Crippen molar-refractivity contribution in [2.45, 2.75) is 6.54 Å². The summed E-state index contributed by atoms with van der Waals surface area (Å²) in [4.78, 5) is 14.0. The lowest BCUT2D eigenvalue weighted by atomic mass is 10.2. The number of nitrogens with zero attached hydrogens (tertiary/aromatic N) is 5. The number of H-pyrrole nitrogens is 1. The summed E-state index contributed by atoms with van der Waals surface area (Å²) in [6.45, 7) is 0.541. The summed E-state index contributed by atoms with van der Waals surface area (Å²) in [7, 11) is 3.69. The Morgan fingerprint density at radius 2 is 2.12 bits per heavy atom. The maximum atomic E-state index is 13.3. The number of rotatable bonds is 3. The van der Waals surface area contributed by atoms with Crippen LogP contribution in [0.15, 0.2) is 30.5 Å². The predicted octanol–water partition coefficient (Wildman–Crippen LogP) is 2.20. The van der Waals surface area contributed by atoms with Crippen molar-refractivity contribution >= 4 is 33.7 Å². The Morgan fingerprint density at radius 3 is 2.96 bits per heavy atom. The van der Waals surface area contributed by atoms with E-state index in [1.807, 2.05) is 25.1 Å². The molecule has 3 aromatic heterocycles. The third kappa shape index (κ3) is 2.32. The van der Waals surface area contributed by atoms with Crippen LogP contribution in [0.3, 0.4) is 0 Å². The Kier molecular flexibility index (Phi) is 3.12. The smallest absolute Gasteiger partial charge is 0.229 e. The first-order valence-electron chi connectivity index (χ1n) is 7.45. The van der Waals surface area contributed by atoms with Crippen LogP contribution in [0.4, 0.5) is 16.2 Å². The van der Waals surface area contributed by atoms with E-state index in [1.54, 1.807) is 16.9 Å². The maximum Gasteiger partial charge on any atom is 0.229 e. The molecule has 7 nitrogen and oxygen atoms in total. The first kappa shape index (κ1) is 14.4. The fourth-order valence-electron chi connectivity index (χ4n) is 2.78. The minimum absolute atomic E-state index is 0.251. The number of hydrogen-bond acceptors (Lipinski definition) is 5. The number of aromatic nitrogens is 5. The lowest BCUT2D eigenvalue weighted by Crippen LogP contribution is -2.20. The molecule has 122 valence electrons. The topological polar surface area (TPSA) is 88.6 Å². The van der Waals surface area contributed by atoms with E-state index < -0.39 is 0 Å². The molecule has 24 heavy (non-hydrogen) atoms. The lowest BCUT2D eigenvalue weighted by Gasteiger charge is -2.16. The zero-order valence-electron chi connectivity index (χ0n) is 13.3.